The van der Waals surface area contributed by atoms with Gasteiger partial charge in [-0.2, -0.15) is 0 Å². The van der Waals surface area contributed by atoms with Gasteiger partial charge in [0.05, 0.1) is 18.5 Å². The van der Waals surface area contributed by atoms with Gasteiger partial charge in [-0.3, -0.25) is 18.8 Å². The molecule has 2 aromatic heterocycles. The average Bonchev–Trinajstić information content (AvgIpc) is 3.07. The zero-order chi connectivity index (χ0) is 24.6. The van der Waals surface area contributed by atoms with Crippen LogP contribution in [-0.2, 0) is 22.4 Å². The maximum Gasteiger partial charge on any atom is 0.268 e. The molecular weight excluding hydrogens is 442 g/mol. The second-order valence-electron chi connectivity index (χ2n) is 9.21. The summed E-state index contributed by atoms with van der Waals surface area (Å²) in [6, 6.07) is 12.6. The van der Waals surface area contributed by atoms with Gasteiger partial charge in [0.15, 0.2) is 0 Å². The molecule has 3 N–H and O–H groups in total. The summed E-state index contributed by atoms with van der Waals surface area (Å²) in [5, 5.41) is 8.56. The summed E-state index contributed by atoms with van der Waals surface area (Å²) >= 11 is 0. The molecule has 8 heteroatoms. The molecule has 1 aromatic carbocycles. The topological polar surface area (TPSA) is 105 Å². The molecule has 8 nitrogen and oxygen atoms in total. The second kappa shape index (κ2) is 11.6. The molecule has 0 unspecified atom stereocenters. The van der Waals surface area contributed by atoms with E-state index in [1.807, 2.05) is 18.2 Å². The van der Waals surface area contributed by atoms with Crippen molar-refractivity contribution in [3.63, 3.8) is 0 Å². The van der Waals surface area contributed by atoms with Crippen LogP contribution in [0.25, 0.3) is 5.65 Å². The van der Waals surface area contributed by atoms with Crippen LogP contribution in [0.4, 0.5) is 5.69 Å². The van der Waals surface area contributed by atoms with Crippen LogP contribution in [0.3, 0.4) is 0 Å². The van der Waals surface area contributed by atoms with Crippen molar-refractivity contribution in [1.29, 1.82) is 0 Å². The smallest absolute Gasteiger partial charge is 0.268 e. The number of aromatic nitrogens is 2. The van der Waals surface area contributed by atoms with E-state index in [0.29, 0.717) is 35.2 Å². The van der Waals surface area contributed by atoms with E-state index in [-0.39, 0.29) is 30.6 Å². The highest BCUT2D eigenvalue weighted by Crippen LogP contribution is 2.22. The Balaban J connectivity index is 1.39. The van der Waals surface area contributed by atoms with Crippen molar-refractivity contribution in [2.45, 2.75) is 51.4 Å². The Kier molecular flexibility index (Phi) is 8.13. The maximum atomic E-state index is 12.9. The summed E-state index contributed by atoms with van der Waals surface area (Å²) in [6.45, 7) is 0.693. The number of anilines is 1. The van der Waals surface area contributed by atoms with E-state index >= 15 is 0 Å². The van der Waals surface area contributed by atoms with Crippen LogP contribution in [0.15, 0.2) is 48.7 Å². The van der Waals surface area contributed by atoms with Crippen LogP contribution in [-0.4, -0.2) is 40.7 Å². The number of imidazole rings is 1. The van der Waals surface area contributed by atoms with Gasteiger partial charge < -0.3 is 16.0 Å². The quantitative estimate of drug-likeness (QED) is 0.434. The normalized spacial score (nSPS) is 14.3. The van der Waals surface area contributed by atoms with Gasteiger partial charge in [0.25, 0.3) is 5.91 Å². The largest absolute Gasteiger partial charge is 0.359 e. The number of likely N-dealkylation sites (N-methyl/N-ethyl adjacent to an activating group) is 1. The van der Waals surface area contributed by atoms with Gasteiger partial charge in [-0.25, -0.2) is 4.98 Å². The third-order valence-corrected chi connectivity index (χ3v) is 6.50. The molecule has 1 aliphatic rings. The van der Waals surface area contributed by atoms with Crippen molar-refractivity contribution in [2.75, 3.05) is 18.9 Å². The van der Waals surface area contributed by atoms with E-state index in [0.717, 1.165) is 5.56 Å². The molecule has 1 aliphatic carbocycles. The molecule has 35 heavy (non-hydrogen) atoms. The molecule has 1 fully saturated rings. The first-order valence-electron chi connectivity index (χ1n) is 12.4. The van der Waals surface area contributed by atoms with Crippen molar-refractivity contribution in [2.24, 2.45) is 5.92 Å². The van der Waals surface area contributed by atoms with Gasteiger partial charge in [-0.15, -0.1) is 0 Å². The summed E-state index contributed by atoms with van der Waals surface area (Å²) in [6.07, 6.45) is 9.46. The number of fused-ring (bicyclic) bond motifs is 1. The number of amides is 3. The van der Waals surface area contributed by atoms with E-state index in [9.17, 15) is 14.4 Å². The Hall–Kier alpha value is -3.68. The monoisotopic (exact) mass is 475 g/mol. The number of rotatable bonds is 8. The van der Waals surface area contributed by atoms with Gasteiger partial charge in [0.1, 0.15) is 11.3 Å². The van der Waals surface area contributed by atoms with Gasteiger partial charge in [0, 0.05) is 25.5 Å². The molecule has 2 heterocycles. The van der Waals surface area contributed by atoms with Gasteiger partial charge in [-0.1, -0.05) is 43.9 Å². The molecular formula is C27H33N5O3. The van der Waals surface area contributed by atoms with Crippen molar-refractivity contribution >= 4 is 29.1 Å². The minimum Gasteiger partial charge on any atom is -0.359 e. The second-order valence-corrected chi connectivity index (χ2v) is 9.21. The summed E-state index contributed by atoms with van der Waals surface area (Å²) in [5.74, 6) is 0.107. The maximum absolute atomic E-state index is 12.9. The lowest BCUT2D eigenvalue weighted by molar-refractivity contribution is -0.120. The number of pyridine rings is 1. The summed E-state index contributed by atoms with van der Waals surface area (Å²) < 4.78 is 1.75. The highest BCUT2D eigenvalue weighted by Gasteiger charge is 2.17. The number of hydrogen-bond donors (Lipinski definition) is 3. The number of carbonyl (C=O) groups excluding carboxylic acids is 3. The van der Waals surface area contributed by atoms with Crippen LogP contribution in [0.1, 0.15) is 60.3 Å². The molecule has 0 atom stereocenters. The van der Waals surface area contributed by atoms with E-state index in [1.54, 1.807) is 41.9 Å². The third kappa shape index (κ3) is 6.68. The SMILES string of the molecule is CNC(=O)Cc1cccc(NC(=O)Cc2cn3c(C(=O)NCC4CCCCCC4)cccc3n2)c1. The van der Waals surface area contributed by atoms with Gasteiger partial charge in [0.2, 0.25) is 11.8 Å². The van der Waals surface area contributed by atoms with Gasteiger partial charge >= 0.3 is 0 Å². The summed E-state index contributed by atoms with van der Waals surface area (Å²) in [5.41, 5.74) is 3.15. The Morgan fingerprint density at radius 1 is 0.971 bits per heavy atom. The van der Waals surface area contributed by atoms with Crippen LogP contribution in [0.5, 0.6) is 0 Å². The fraction of sp³-hybridized carbons (Fsp3) is 0.407. The van der Waals surface area contributed by atoms with E-state index in [2.05, 4.69) is 20.9 Å². The summed E-state index contributed by atoms with van der Waals surface area (Å²) in [7, 11) is 1.59. The van der Waals surface area contributed by atoms with Crippen molar-refractivity contribution in [3.8, 4) is 0 Å². The van der Waals surface area contributed by atoms with E-state index in [4.69, 9.17) is 0 Å². The van der Waals surface area contributed by atoms with Gasteiger partial charge in [-0.05, 0) is 48.6 Å². The van der Waals surface area contributed by atoms with E-state index < -0.39 is 0 Å². The minimum absolute atomic E-state index is 0.0739. The highest BCUT2D eigenvalue weighted by atomic mass is 16.2. The van der Waals surface area contributed by atoms with Crippen LogP contribution < -0.4 is 16.0 Å². The number of hydrogen-bond acceptors (Lipinski definition) is 4. The molecule has 0 saturated heterocycles. The molecule has 0 aliphatic heterocycles. The Morgan fingerprint density at radius 3 is 2.51 bits per heavy atom. The van der Waals surface area contributed by atoms with Crippen molar-refractivity contribution < 1.29 is 14.4 Å². The Labute approximate surface area is 205 Å². The molecule has 3 aromatic rings. The minimum atomic E-state index is -0.218. The highest BCUT2D eigenvalue weighted by molar-refractivity contribution is 5.94. The average molecular weight is 476 g/mol. The zero-order valence-corrected chi connectivity index (χ0v) is 20.2. The number of nitrogens with zero attached hydrogens (tertiary/aromatic N) is 2. The molecule has 184 valence electrons. The number of benzene rings is 1. The van der Waals surface area contributed by atoms with Crippen molar-refractivity contribution in [1.82, 2.24) is 20.0 Å². The number of nitrogens with one attached hydrogen (secondary N) is 3. The first-order valence-corrected chi connectivity index (χ1v) is 12.4. The molecule has 0 bridgehead atoms. The molecule has 1 saturated carbocycles. The predicted octanol–water partition coefficient (Wildman–Crippen LogP) is 3.50. The molecule has 0 spiro atoms. The van der Waals surface area contributed by atoms with Crippen molar-refractivity contribution in [3.05, 3.63) is 65.6 Å². The standard InChI is InChI=1S/C27H33N5O3/c1-28-25(33)15-20-10-6-11-21(14-20)31-26(34)16-22-18-32-23(12-7-13-24(32)30-22)27(35)29-17-19-8-4-2-3-5-9-19/h6-7,10-14,18-19H,2-5,8-9,15-17H2,1H3,(H,28,33)(H,29,35)(H,31,34). The fourth-order valence-electron chi connectivity index (χ4n) is 4.63. The summed E-state index contributed by atoms with van der Waals surface area (Å²) in [4.78, 5) is 41.7. The molecule has 3 amide bonds. The van der Waals surface area contributed by atoms with Crippen LogP contribution in [0, 0.1) is 5.92 Å². The lowest BCUT2D eigenvalue weighted by Crippen LogP contribution is -2.30. The number of carbonyl (C=O) groups is 3. The molecule has 0 radical (unpaired) electrons. The lowest BCUT2D eigenvalue weighted by Gasteiger charge is -2.15. The predicted molar refractivity (Wildman–Crippen MR) is 135 cm³/mol. The lowest BCUT2D eigenvalue weighted by atomic mass is 10.0. The van der Waals surface area contributed by atoms with Crippen LogP contribution >= 0.6 is 0 Å². The zero-order valence-electron chi connectivity index (χ0n) is 20.2. The fourth-order valence-corrected chi connectivity index (χ4v) is 4.63. The van der Waals surface area contributed by atoms with Crippen LogP contribution in [0.2, 0.25) is 0 Å². The first-order chi connectivity index (χ1) is 17.0. The Morgan fingerprint density at radius 2 is 1.74 bits per heavy atom. The third-order valence-electron chi connectivity index (χ3n) is 6.50. The first kappa shape index (κ1) is 24.4. The van der Waals surface area contributed by atoms with E-state index in [1.165, 1.54) is 38.5 Å². The molecule has 4 rings (SSSR count). The Bertz CT molecular complexity index is 1190.